The van der Waals surface area contributed by atoms with Gasteiger partial charge in [0.15, 0.2) is 0 Å². The molecule has 0 heterocycles. The fraction of sp³-hybridized carbons (Fsp3) is 0.444. The van der Waals surface area contributed by atoms with Gasteiger partial charge in [-0.15, -0.1) is 5.73 Å². The SMILES string of the molecule is CC1=C=CC(C)C(C)=C1. The number of hydrogen-bond donors (Lipinski definition) is 0. The van der Waals surface area contributed by atoms with E-state index in [0.717, 1.165) is 0 Å². The van der Waals surface area contributed by atoms with Crippen LogP contribution in [0.2, 0.25) is 0 Å². The Bertz CT molecular complexity index is 200. The zero-order chi connectivity index (χ0) is 6.85. The van der Waals surface area contributed by atoms with Gasteiger partial charge in [-0.1, -0.05) is 18.6 Å². The molecule has 0 N–H and O–H groups in total. The molecule has 1 atom stereocenters. The van der Waals surface area contributed by atoms with Gasteiger partial charge in [0.1, 0.15) is 0 Å². The highest BCUT2D eigenvalue weighted by Crippen LogP contribution is 2.16. The first-order valence-electron chi connectivity index (χ1n) is 3.32. The van der Waals surface area contributed by atoms with E-state index in [1.165, 1.54) is 11.1 Å². The lowest BCUT2D eigenvalue weighted by Gasteiger charge is -2.08. The van der Waals surface area contributed by atoms with Crippen molar-refractivity contribution in [1.82, 2.24) is 0 Å². The van der Waals surface area contributed by atoms with Crippen LogP contribution in [0.5, 0.6) is 0 Å². The van der Waals surface area contributed by atoms with E-state index >= 15 is 0 Å². The molecule has 0 aromatic rings. The molecule has 0 aromatic heterocycles. The molecule has 1 aliphatic rings. The lowest BCUT2D eigenvalue weighted by Crippen LogP contribution is -1.93. The maximum Gasteiger partial charge on any atom is 0.00251 e. The Morgan fingerprint density at radius 3 is 2.56 bits per heavy atom. The van der Waals surface area contributed by atoms with Gasteiger partial charge in [0, 0.05) is 5.92 Å². The van der Waals surface area contributed by atoms with E-state index in [1.807, 2.05) is 0 Å². The maximum absolute atomic E-state index is 3.18. The Hall–Kier alpha value is -0.740. The Morgan fingerprint density at radius 1 is 1.44 bits per heavy atom. The summed E-state index contributed by atoms with van der Waals surface area (Å²) in [6.45, 7) is 6.42. The van der Waals surface area contributed by atoms with E-state index in [9.17, 15) is 0 Å². The molecule has 0 fully saturated rings. The van der Waals surface area contributed by atoms with Gasteiger partial charge in [0.2, 0.25) is 0 Å². The van der Waals surface area contributed by atoms with Gasteiger partial charge in [-0.3, -0.25) is 0 Å². The van der Waals surface area contributed by atoms with Gasteiger partial charge in [-0.25, -0.2) is 0 Å². The second-order valence-corrected chi connectivity index (χ2v) is 2.67. The van der Waals surface area contributed by atoms with Gasteiger partial charge in [-0.2, -0.15) is 0 Å². The molecule has 0 heteroatoms. The Balaban J connectivity index is 2.96. The Kier molecular flexibility index (Phi) is 1.59. The summed E-state index contributed by atoms with van der Waals surface area (Å²) < 4.78 is 0. The summed E-state index contributed by atoms with van der Waals surface area (Å²) in [6.07, 6.45) is 4.30. The predicted molar refractivity (Wildman–Crippen MR) is 40.2 cm³/mol. The van der Waals surface area contributed by atoms with E-state index < -0.39 is 0 Å². The summed E-state index contributed by atoms with van der Waals surface area (Å²) >= 11 is 0. The third-order valence-corrected chi connectivity index (χ3v) is 1.72. The average Bonchev–Trinajstić information content (AvgIpc) is 1.80. The average molecular weight is 120 g/mol. The van der Waals surface area contributed by atoms with Crippen molar-refractivity contribution < 1.29 is 0 Å². The van der Waals surface area contributed by atoms with Crippen molar-refractivity contribution in [2.45, 2.75) is 20.8 Å². The third kappa shape index (κ3) is 1.34. The quantitative estimate of drug-likeness (QED) is 0.431. The first-order chi connectivity index (χ1) is 4.20. The van der Waals surface area contributed by atoms with E-state index in [0.29, 0.717) is 5.92 Å². The molecule has 9 heavy (non-hydrogen) atoms. The van der Waals surface area contributed by atoms with Crippen LogP contribution in [-0.2, 0) is 0 Å². The summed E-state index contributed by atoms with van der Waals surface area (Å²) in [6, 6.07) is 0. The molecule has 0 saturated heterocycles. The smallest absolute Gasteiger partial charge is 0.00251 e. The molecular formula is C9H12. The minimum Gasteiger partial charge on any atom is -0.121 e. The van der Waals surface area contributed by atoms with E-state index in [-0.39, 0.29) is 0 Å². The van der Waals surface area contributed by atoms with Crippen molar-refractivity contribution >= 4 is 0 Å². The third-order valence-electron chi connectivity index (χ3n) is 1.72. The number of rotatable bonds is 0. The van der Waals surface area contributed by atoms with Crippen LogP contribution in [0.3, 0.4) is 0 Å². The molecule has 0 nitrogen and oxygen atoms in total. The molecule has 0 spiro atoms. The predicted octanol–water partition coefficient (Wildman–Crippen LogP) is 2.68. The number of hydrogen-bond acceptors (Lipinski definition) is 0. The van der Waals surface area contributed by atoms with Crippen LogP contribution in [0.1, 0.15) is 20.8 Å². The molecule has 1 unspecified atom stereocenters. The molecule has 48 valence electrons. The van der Waals surface area contributed by atoms with Gasteiger partial charge in [0.05, 0.1) is 0 Å². The highest BCUT2D eigenvalue weighted by molar-refractivity contribution is 5.28. The summed E-state index contributed by atoms with van der Waals surface area (Å²) in [4.78, 5) is 0. The second kappa shape index (κ2) is 2.24. The van der Waals surface area contributed by atoms with Gasteiger partial charge in [-0.05, 0) is 25.5 Å². The van der Waals surface area contributed by atoms with Crippen LogP contribution in [0, 0.1) is 5.92 Å². The highest BCUT2D eigenvalue weighted by atomic mass is 14.1. The van der Waals surface area contributed by atoms with Crippen LogP contribution >= 0.6 is 0 Å². The van der Waals surface area contributed by atoms with E-state index in [1.54, 1.807) is 0 Å². The molecule has 0 radical (unpaired) electrons. The molecule has 1 aliphatic carbocycles. The Morgan fingerprint density at radius 2 is 2.11 bits per heavy atom. The van der Waals surface area contributed by atoms with Crippen molar-refractivity contribution in [3.63, 3.8) is 0 Å². The van der Waals surface area contributed by atoms with Gasteiger partial charge in [0.25, 0.3) is 0 Å². The normalized spacial score (nSPS) is 25.4. The largest absolute Gasteiger partial charge is 0.121 e. The number of allylic oxidation sites excluding steroid dienone is 3. The zero-order valence-corrected chi connectivity index (χ0v) is 6.23. The maximum atomic E-state index is 3.18. The minimum atomic E-state index is 0.591. The van der Waals surface area contributed by atoms with Gasteiger partial charge < -0.3 is 0 Å². The van der Waals surface area contributed by atoms with Crippen LogP contribution < -0.4 is 0 Å². The van der Waals surface area contributed by atoms with Crippen LogP contribution in [-0.4, -0.2) is 0 Å². The second-order valence-electron chi connectivity index (χ2n) is 2.67. The van der Waals surface area contributed by atoms with Crippen molar-refractivity contribution in [1.29, 1.82) is 0 Å². The fourth-order valence-electron chi connectivity index (χ4n) is 0.903. The molecular weight excluding hydrogens is 108 g/mol. The molecule has 0 aromatic carbocycles. The monoisotopic (exact) mass is 120 g/mol. The van der Waals surface area contributed by atoms with Crippen molar-refractivity contribution in [3.05, 3.63) is 29.0 Å². The zero-order valence-electron chi connectivity index (χ0n) is 6.23. The molecule has 0 bridgehead atoms. The van der Waals surface area contributed by atoms with Crippen LogP contribution in [0.25, 0.3) is 0 Å². The lowest BCUT2D eigenvalue weighted by atomic mass is 9.97. The van der Waals surface area contributed by atoms with Crippen molar-refractivity contribution in [2.75, 3.05) is 0 Å². The van der Waals surface area contributed by atoms with Crippen LogP contribution in [0.4, 0.5) is 0 Å². The summed E-state index contributed by atoms with van der Waals surface area (Å²) in [5, 5.41) is 0. The van der Waals surface area contributed by atoms with E-state index in [4.69, 9.17) is 0 Å². The van der Waals surface area contributed by atoms with E-state index in [2.05, 4.69) is 38.7 Å². The fourth-order valence-corrected chi connectivity index (χ4v) is 0.903. The highest BCUT2D eigenvalue weighted by Gasteiger charge is 2.01. The molecule has 0 aliphatic heterocycles. The Labute approximate surface area is 56.6 Å². The standard InChI is InChI=1S/C9H12/c1-7-4-5-8(2)9(3)6-7/h5-6,8H,1-3H3. The summed E-state index contributed by atoms with van der Waals surface area (Å²) in [5.41, 5.74) is 5.86. The van der Waals surface area contributed by atoms with Gasteiger partial charge >= 0.3 is 0 Å². The van der Waals surface area contributed by atoms with Crippen LogP contribution in [0.15, 0.2) is 29.0 Å². The topological polar surface area (TPSA) is 0 Å². The molecule has 0 amide bonds. The minimum absolute atomic E-state index is 0.591. The summed E-state index contributed by atoms with van der Waals surface area (Å²) in [5.74, 6) is 0.591. The first-order valence-corrected chi connectivity index (χ1v) is 3.32. The molecule has 0 saturated carbocycles. The van der Waals surface area contributed by atoms with Crippen molar-refractivity contribution in [3.8, 4) is 0 Å². The first kappa shape index (κ1) is 6.38. The molecule has 1 rings (SSSR count). The van der Waals surface area contributed by atoms with Crippen molar-refractivity contribution in [2.24, 2.45) is 5.92 Å². The lowest BCUT2D eigenvalue weighted by molar-refractivity contribution is 0.854. The summed E-state index contributed by atoms with van der Waals surface area (Å²) in [7, 11) is 0.